The van der Waals surface area contributed by atoms with E-state index in [9.17, 15) is 5.11 Å². The monoisotopic (exact) mass is 308 g/mol. The van der Waals surface area contributed by atoms with Crippen molar-refractivity contribution >= 4 is 0 Å². The average Bonchev–Trinajstić information content (AvgIpc) is 2.56. The molecule has 0 aromatic heterocycles. The molecule has 3 N–H and O–H groups in total. The van der Waals surface area contributed by atoms with Crippen LogP contribution in [0.4, 0.5) is 0 Å². The average molecular weight is 308 g/mol. The van der Waals surface area contributed by atoms with Crippen molar-refractivity contribution in [2.24, 2.45) is 11.7 Å². The lowest BCUT2D eigenvalue weighted by Gasteiger charge is -2.30. The normalized spacial score (nSPS) is 18.2. The summed E-state index contributed by atoms with van der Waals surface area (Å²) in [5.74, 6) is 2.14. The molecule has 1 heterocycles. The summed E-state index contributed by atoms with van der Waals surface area (Å²) in [6, 6.07) is 5.14. The molecular weight excluding hydrogens is 280 g/mol. The SMILES string of the molecule is COc1cccc([C@H](N)CO)c1OCCN1CCC(C)CC1. The molecule has 2 rings (SSSR count). The fraction of sp³-hybridized carbons (Fsp3) is 0.647. The van der Waals surface area contributed by atoms with E-state index < -0.39 is 6.04 Å². The summed E-state index contributed by atoms with van der Waals surface area (Å²) in [6.45, 7) is 5.97. The van der Waals surface area contributed by atoms with Gasteiger partial charge in [-0.25, -0.2) is 0 Å². The summed E-state index contributed by atoms with van der Waals surface area (Å²) in [6.07, 6.45) is 2.52. The Morgan fingerprint density at radius 3 is 2.73 bits per heavy atom. The van der Waals surface area contributed by atoms with Crippen LogP contribution in [0.5, 0.6) is 11.5 Å². The van der Waals surface area contributed by atoms with Gasteiger partial charge in [0, 0.05) is 12.1 Å². The highest BCUT2D eigenvalue weighted by molar-refractivity contribution is 5.48. The van der Waals surface area contributed by atoms with E-state index in [1.165, 1.54) is 12.8 Å². The Kier molecular flexibility index (Phi) is 6.49. The number of hydrogen-bond donors (Lipinski definition) is 2. The number of piperidine rings is 1. The first-order chi connectivity index (χ1) is 10.7. The molecule has 0 radical (unpaired) electrons. The molecule has 5 nitrogen and oxygen atoms in total. The number of aliphatic hydroxyl groups excluding tert-OH is 1. The molecular formula is C17H28N2O3. The van der Waals surface area contributed by atoms with Crippen molar-refractivity contribution in [3.63, 3.8) is 0 Å². The van der Waals surface area contributed by atoms with Gasteiger partial charge in [-0.1, -0.05) is 19.1 Å². The summed E-state index contributed by atoms with van der Waals surface area (Å²) >= 11 is 0. The van der Waals surface area contributed by atoms with Gasteiger partial charge >= 0.3 is 0 Å². The van der Waals surface area contributed by atoms with Crippen LogP contribution in [0, 0.1) is 5.92 Å². The minimum Gasteiger partial charge on any atom is -0.493 e. The third-order valence-electron chi connectivity index (χ3n) is 4.36. The Morgan fingerprint density at radius 1 is 1.36 bits per heavy atom. The minimum atomic E-state index is -0.457. The second-order valence-corrected chi connectivity index (χ2v) is 6.04. The van der Waals surface area contributed by atoms with Gasteiger partial charge in [-0.15, -0.1) is 0 Å². The number of likely N-dealkylation sites (tertiary alicyclic amines) is 1. The van der Waals surface area contributed by atoms with Gasteiger partial charge in [-0.05, 0) is 37.9 Å². The molecule has 1 atom stereocenters. The molecule has 1 aromatic rings. The quantitative estimate of drug-likeness (QED) is 0.804. The van der Waals surface area contributed by atoms with Crippen LogP contribution < -0.4 is 15.2 Å². The van der Waals surface area contributed by atoms with Crippen molar-refractivity contribution in [1.29, 1.82) is 0 Å². The lowest BCUT2D eigenvalue weighted by molar-refractivity contribution is 0.157. The van der Waals surface area contributed by atoms with E-state index in [1.807, 2.05) is 18.2 Å². The number of rotatable bonds is 7. The van der Waals surface area contributed by atoms with Gasteiger partial charge in [-0.2, -0.15) is 0 Å². The number of aliphatic hydroxyl groups is 1. The van der Waals surface area contributed by atoms with Crippen molar-refractivity contribution in [3.05, 3.63) is 23.8 Å². The summed E-state index contributed by atoms with van der Waals surface area (Å²) in [7, 11) is 1.61. The van der Waals surface area contributed by atoms with Crippen LogP contribution in [0.2, 0.25) is 0 Å². The Morgan fingerprint density at radius 2 is 2.09 bits per heavy atom. The molecule has 0 spiro atoms. The summed E-state index contributed by atoms with van der Waals surface area (Å²) in [5, 5.41) is 9.30. The molecule has 1 aromatic carbocycles. The maximum absolute atomic E-state index is 9.30. The Balaban J connectivity index is 1.96. The van der Waals surface area contributed by atoms with Crippen LogP contribution in [0.25, 0.3) is 0 Å². The van der Waals surface area contributed by atoms with Gasteiger partial charge in [0.05, 0.1) is 19.8 Å². The standard InChI is InChI=1S/C17H28N2O3/c1-13-6-8-19(9-7-13)10-11-22-17-14(15(18)12-20)4-3-5-16(17)21-2/h3-5,13,15,20H,6-12,18H2,1-2H3/t15-/m1/s1. The van der Waals surface area contributed by atoms with E-state index in [0.717, 1.165) is 31.1 Å². The van der Waals surface area contributed by atoms with Crippen molar-refractivity contribution in [1.82, 2.24) is 4.90 Å². The maximum atomic E-state index is 9.30. The van der Waals surface area contributed by atoms with Crippen LogP contribution >= 0.6 is 0 Å². The van der Waals surface area contributed by atoms with Crippen molar-refractivity contribution in [2.45, 2.75) is 25.8 Å². The van der Waals surface area contributed by atoms with Crippen molar-refractivity contribution in [2.75, 3.05) is 40.0 Å². The van der Waals surface area contributed by atoms with Gasteiger partial charge in [0.15, 0.2) is 11.5 Å². The second-order valence-electron chi connectivity index (χ2n) is 6.04. The van der Waals surface area contributed by atoms with Gasteiger partial charge in [0.2, 0.25) is 0 Å². The van der Waals surface area contributed by atoms with Gasteiger partial charge in [-0.3, -0.25) is 4.90 Å². The summed E-state index contributed by atoms with van der Waals surface area (Å²) < 4.78 is 11.3. The van der Waals surface area contributed by atoms with Crippen LogP contribution in [-0.2, 0) is 0 Å². The van der Waals surface area contributed by atoms with E-state index in [1.54, 1.807) is 7.11 Å². The maximum Gasteiger partial charge on any atom is 0.166 e. The molecule has 0 aliphatic carbocycles. The molecule has 1 saturated heterocycles. The van der Waals surface area contributed by atoms with Crippen molar-refractivity contribution < 1.29 is 14.6 Å². The molecule has 1 aliphatic rings. The molecule has 1 fully saturated rings. The Bertz CT molecular complexity index is 459. The molecule has 0 bridgehead atoms. The van der Waals surface area contributed by atoms with E-state index in [0.29, 0.717) is 18.1 Å². The fourth-order valence-electron chi connectivity index (χ4n) is 2.80. The largest absolute Gasteiger partial charge is 0.493 e. The number of nitrogens with two attached hydrogens (primary N) is 1. The molecule has 124 valence electrons. The molecule has 0 unspecified atom stereocenters. The highest BCUT2D eigenvalue weighted by Crippen LogP contribution is 2.34. The lowest BCUT2D eigenvalue weighted by Crippen LogP contribution is -2.35. The zero-order valence-electron chi connectivity index (χ0n) is 13.6. The summed E-state index contributed by atoms with van der Waals surface area (Å²) in [5.41, 5.74) is 6.74. The van der Waals surface area contributed by atoms with E-state index in [4.69, 9.17) is 15.2 Å². The van der Waals surface area contributed by atoms with Gasteiger partial charge in [0.1, 0.15) is 6.61 Å². The van der Waals surface area contributed by atoms with E-state index in [2.05, 4.69) is 11.8 Å². The fourth-order valence-corrected chi connectivity index (χ4v) is 2.80. The van der Waals surface area contributed by atoms with Crippen LogP contribution in [-0.4, -0.2) is 50.0 Å². The molecule has 1 aliphatic heterocycles. The molecule has 22 heavy (non-hydrogen) atoms. The van der Waals surface area contributed by atoms with Gasteiger partial charge in [0.25, 0.3) is 0 Å². The number of nitrogens with zero attached hydrogens (tertiary/aromatic N) is 1. The van der Waals surface area contributed by atoms with Crippen molar-refractivity contribution in [3.8, 4) is 11.5 Å². The second kappa shape index (κ2) is 8.36. The first-order valence-electron chi connectivity index (χ1n) is 8.04. The highest BCUT2D eigenvalue weighted by Gasteiger charge is 2.18. The number of para-hydroxylation sites is 1. The topological polar surface area (TPSA) is 68.0 Å². The number of ether oxygens (including phenoxy) is 2. The van der Waals surface area contributed by atoms with Crippen LogP contribution in [0.3, 0.4) is 0 Å². The third-order valence-corrected chi connectivity index (χ3v) is 4.36. The predicted octanol–water partition coefficient (Wildman–Crippen LogP) is 1.80. The molecule has 5 heteroatoms. The van der Waals surface area contributed by atoms with Gasteiger partial charge < -0.3 is 20.3 Å². The minimum absolute atomic E-state index is 0.118. The number of hydrogen-bond acceptors (Lipinski definition) is 5. The smallest absolute Gasteiger partial charge is 0.166 e. The summed E-state index contributed by atoms with van der Waals surface area (Å²) in [4.78, 5) is 2.43. The van der Waals surface area contributed by atoms with Crippen LogP contribution in [0.15, 0.2) is 18.2 Å². The Hall–Kier alpha value is -1.30. The van der Waals surface area contributed by atoms with E-state index in [-0.39, 0.29) is 6.61 Å². The highest BCUT2D eigenvalue weighted by atomic mass is 16.5. The molecule has 0 amide bonds. The third kappa shape index (κ3) is 4.35. The molecule has 0 saturated carbocycles. The number of benzene rings is 1. The first-order valence-corrected chi connectivity index (χ1v) is 8.04. The lowest BCUT2D eigenvalue weighted by atomic mass is 9.99. The number of methoxy groups -OCH3 is 1. The first kappa shape index (κ1) is 17.1. The van der Waals surface area contributed by atoms with Crippen LogP contribution in [0.1, 0.15) is 31.4 Å². The predicted molar refractivity (Wildman–Crippen MR) is 87.3 cm³/mol. The zero-order chi connectivity index (χ0) is 15.9. The zero-order valence-corrected chi connectivity index (χ0v) is 13.6. The van der Waals surface area contributed by atoms with E-state index >= 15 is 0 Å². The Labute approximate surface area is 133 Å².